The van der Waals surface area contributed by atoms with E-state index in [-0.39, 0.29) is 17.2 Å². The van der Waals surface area contributed by atoms with E-state index >= 15 is 0 Å². The topological polar surface area (TPSA) is 142 Å². The molecule has 1 aromatic heterocycles. The summed E-state index contributed by atoms with van der Waals surface area (Å²) in [5, 5.41) is 37.8. The van der Waals surface area contributed by atoms with E-state index in [1.165, 1.54) is 18.2 Å². The Hall–Kier alpha value is -3.40. The lowest BCUT2D eigenvalue weighted by Gasteiger charge is -2.08. The lowest BCUT2D eigenvalue weighted by molar-refractivity contribution is -0.384. The summed E-state index contributed by atoms with van der Waals surface area (Å²) < 4.78 is 0. The van der Waals surface area contributed by atoms with Crippen LogP contribution in [0.25, 0.3) is 22.5 Å². The maximum absolute atomic E-state index is 11.3. The number of aromatic amines is 1. The number of nitro groups is 1. The van der Waals surface area contributed by atoms with Crippen molar-refractivity contribution in [3.05, 3.63) is 52.1 Å². The molecule has 0 bridgehead atoms. The zero-order valence-corrected chi connectivity index (χ0v) is 14.9. The number of nitrogens with one attached hydrogen (secondary N) is 1. The number of phenolic OH excluding ortho intramolecular Hbond substituents is 1. The first-order chi connectivity index (χ1) is 12.8. The van der Waals surface area contributed by atoms with Crippen molar-refractivity contribution in [2.24, 2.45) is 0 Å². The van der Waals surface area contributed by atoms with Crippen LogP contribution in [0.5, 0.6) is 5.75 Å². The third-order valence-electron chi connectivity index (χ3n) is 3.72. The predicted molar refractivity (Wildman–Crippen MR) is 98.7 cm³/mol. The number of phenols is 1. The van der Waals surface area contributed by atoms with E-state index < -0.39 is 10.9 Å². The van der Waals surface area contributed by atoms with Gasteiger partial charge in [-0.2, -0.15) is 0 Å². The second-order valence-electron chi connectivity index (χ2n) is 5.69. The van der Waals surface area contributed by atoms with Gasteiger partial charge in [-0.05, 0) is 41.8 Å². The van der Waals surface area contributed by atoms with E-state index in [0.717, 1.165) is 22.9 Å². The molecule has 0 atom stereocenters. The number of nitro benzene ring substituents is 1. The van der Waals surface area contributed by atoms with Gasteiger partial charge in [0, 0.05) is 17.7 Å². The lowest BCUT2D eigenvalue weighted by Crippen LogP contribution is -1.97. The highest BCUT2D eigenvalue weighted by atomic mass is 32.2. The average Bonchev–Trinajstić information content (AvgIpc) is 3.08. The summed E-state index contributed by atoms with van der Waals surface area (Å²) in [6.07, 6.45) is 0. The van der Waals surface area contributed by atoms with Crippen molar-refractivity contribution in [3.63, 3.8) is 0 Å². The van der Waals surface area contributed by atoms with Crippen LogP contribution in [0.3, 0.4) is 0 Å². The van der Waals surface area contributed by atoms with Crippen LogP contribution in [0.1, 0.15) is 5.56 Å². The fourth-order valence-corrected chi connectivity index (χ4v) is 3.08. The highest BCUT2D eigenvalue weighted by Crippen LogP contribution is 2.33. The SMILES string of the molecule is Cc1cc(O)ccc1-c1cc(-c2nnc(SCC(=O)O)[nH]2)cc([N+](=O)[O-])c1. The van der Waals surface area contributed by atoms with Crippen molar-refractivity contribution in [3.8, 4) is 28.3 Å². The van der Waals surface area contributed by atoms with Crippen molar-refractivity contribution in [2.75, 3.05) is 5.75 Å². The number of aromatic hydroxyl groups is 1. The number of hydrogen-bond donors (Lipinski definition) is 3. The first-order valence-electron chi connectivity index (χ1n) is 7.70. The van der Waals surface area contributed by atoms with Gasteiger partial charge in [0.15, 0.2) is 11.0 Å². The van der Waals surface area contributed by atoms with E-state index in [2.05, 4.69) is 15.2 Å². The molecule has 27 heavy (non-hydrogen) atoms. The number of carboxylic acid groups (broad SMARTS) is 1. The number of non-ortho nitro benzene ring substituents is 1. The molecule has 0 aliphatic heterocycles. The summed E-state index contributed by atoms with van der Waals surface area (Å²) in [5.74, 6) is -0.762. The van der Waals surface area contributed by atoms with E-state index in [4.69, 9.17) is 5.11 Å². The molecule has 0 unspecified atom stereocenters. The molecule has 0 aliphatic rings. The van der Waals surface area contributed by atoms with E-state index in [9.17, 15) is 20.0 Å². The molecule has 9 nitrogen and oxygen atoms in total. The average molecular weight is 386 g/mol. The maximum atomic E-state index is 11.3. The number of H-pyrrole nitrogens is 1. The quantitative estimate of drug-likeness (QED) is 0.333. The third kappa shape index (κ3) is 4.23. The zero-order valence-electron chi connectivity index (χ0n) is 14.0. The molecule has 0 saturated carbocycles. The number of carboxylic acids is 1. The lowest BCUT2D eigenvalue weighted by atomic mass is 9.97. The number of nitrogens with zero attached hydrogens (tertiary/aromatic N) is 3. The molecule has 3 rings (SSSR count). The van der Waals surface area contributed by atoms with Gasteiger partial charge in [-0.15, -0.1) is 10.2 Å². The van der Waals surface area contributed by atoms with E-state index in [1.54, 1.807) is 25.1 Å². The summed E-state index contributed by atoms with van der Waals surface area (Å²) >= 11 is 0.969. The Balaban J connectivity index is 2.04. The Kier molecular flexibility index (Phi) is 5.08. The molecule has 0 spiro atoms. The van der Waals surface area contributed by atoms with Gasteiger partial charge in [-0.25, -0.2) is 0 Å². The van der Waals surface area contributed by atoms with Crippen molar-refractivity contribution in [2.45, 2.75) is 12.1 Å². The Morgan fingerprint density at radius 1 is 1.22 bits per heavy atom. The van der Waals surface area contributed by atoms with Crippen molar-refractivity contribution >= 4 is 23.4 Å². The first kappa shape index (κ1) is 18.4. The molecule has 1 heterocycles. The number of aliphatic carboxylic acids is 1. The van der Waals surface area contributed by atoms with Crippen LogP contribution in [0.2, 0.25) is 0 Å². The molecular weight excluding hydrogens is 372 g/mol. The van der Waals surface area contributed by atoms with Gasteiger partial charge in [0.25, 0.3) is 5.69 Å². The monoisotopic (exact) mass is 386 g/mol. The Morgan fingerprint density at radius 2 is 1.96 bits per heavy atom. The molecule has 138 valence electrons. The Bertz CT molecular complexity index is 1030. The molecule has 0 aliphatic carbocycles. The van der Waals surface area contributed by atoms with E-state index in [0.29, 0.717) is 22.1 Å². The van der Waals surface area contributed by atoms with Gasteiger partial charge in [0.1, 0.15) is 5.75 Å². The third-order valence-corrected chi connectivity index (χ3v) is 4.57. The smallest absolute Gasteiger partial charge is 0.313 e. The standard InChI is InChI=1S/C17H14N4O5S/c1-9-4-13(22)2-3-14(9)10-5-11(7-12(6-10)21(25)26)16-18-17(20-19-16)27-8-15(23)24/h2-7,22H,8H2,1H3,(H,23,24)(H,18,19,20). The largest absolute Gasteiger partial charge is 0.508 e. The van der Waals surface area contributed by atoms with Crippen LogP contribution in [0.4, 0.5) is 5.69 Å². The van der Waals surface area contributed by atoms with Gasteiger partial charge in [-0.3, -0.25) is 14.9 Å². The van der Waals surface area contributed by atoms with Crippen LogP contribution in [-0.4, -0.2) is 42.0 Å². The van der Waals surface area contributed by atoms with Crippen LogP contribution < -0.4 is 0 Å². The number of carbonyl (C=O) groups is 1. The fraction of sp³-hybridized carbons (Fsp3) is 0.118. The number of aryl methyl sites for hydroxylation is 1. The zero-order chi connectivity index (χ0) is 19.6. The van der Waals surface area contributed by atoms with Gasteiger partial charge < -0.3 is 15.2 Å². The number of thioether (sulfide) groups is 1. The molecule has 0 amide bonds. The molecule has 3 N–H and O–H groups in total. The van der Waals surface area contributed by atoms with Crippen LogP contribution in [0, 0.1) is 17.0 Å². The highest BCUT2D eigenvalue weighted by molar-refractivity contribution is 7.99. The number of aromatic nitrogens is 3. The van der Waals surface area contributed by atoms with Gasteiger partial charge in [0.2, 0.25) is 0 Å². The second-order valence-corrected chi connectivity index (χ2v) is 6.65. The molecule has 3 aromatic rings. The minimum atomic E-state index is -0.988. The number of hydrogen-bond acceptors (Lipinski definition) is 7. The molecule has 2 aromatic carbocycles. The molecule has 0 saturated heterocycles. The fourth-order valence-electron chi connectivity index (χ4n) is 2.55. The van der Waals surface area contributed by atoms with Gasteiger partial charge >= 0.3 is 5.97 Å². The maximum Gasteiger partial charge on any atom is 0.313 e. The van der Waals surface area contributed by atoms with Crippen LogP contribution in [0.15, 0.2) is 41.6 Å². The normalized spacial score (nSPS) is 10.7. The van der Waals surface area contributed by atoms with Gasteiger partial charge in [0.05, 0.1) is 10.7 Å². The van der Waals surface area contributed by atoms with E-state index in [1.807, 2.05) is 0 Å². The van der Waals surface area contributed by atoms with Crippen LogP contribution in [-0.2, 0) is 4.79 Å². The van der Waals surface area contributed by atoms with Crippen LogP contribution >= 0.6 is 11.8 Å². The Morgan fingerprint density at radius 3 is 2.63 bits per heavy atom. The second kappa shape index (κ2) is 7.46. The summed E-state index contributed by atoms with van der Waals surface area (Å²) in [4.78, 5) is 24.4. The molecule has 0 fully saturated rings. The summed E-state index contributed by atoms with van der Waals surface area (Å²) in [5.41, 5.74) is 2.41. The Labute approximate surface area is 157 Å². The van der Waals surface area contributed by atoms with Crippen molar-refractivity contribution < 1.29 is 19.9 Å². The minimum Gasteiger partial charge on any atom is -0.508 e. The van der Waals surface area contributed by atoms with Gasteiger partial charge in [-0.1, -0.05) is 17.8 Å². The predicted octanol–water partition coefficient (Wildman–Crippen LogP) is 3.24. The summed E-state index contributed by atoms with van der Waals surface area (Å²) in [6, 6.07) is 9.30. The minimum absolute atomic E-state index is 0.109. The van der Waals surface area contributed by atoms with Crippen molar-refractivity contribution in [1.29, 1.82) is 0 Å². The van der Waals surface area contributed by atoms with Crippen molar-refractivity contribution in [1.82, 2.24) is 15.2 Å². The number of rotatable bonds is 6. The summed E-state index contributed by atoms with van der Waals surface area (Å²) in [7, 11) is 0. The highest BCUT2D eigenvalue weighted by Gasteiger charge is 2.16. The summed E-state index contributed by atoms with van der Waals surface area (Å²) in [6.45, 7) is 1.79. The number of benzene rings is 2. The first-order valence-corrected chi connectivity index (χ1v) is 8.69. The molecule has 10 heteroatoms. The molecular formula is C17H14N4O5S. The molecule has 0 radical (unpaired) electrons.